The minimum absolute atomic E-state index is 0.204. The molecule has 27 heavy (non-hydrogen) atoms. The highest BCUT2D eigenvalue weighted by Crippen LogP contribution is 2.26. The van der Waals surface area contributed by atoms with Crippen molar-refractivity contribution in [3.8, 4) is 17.2 Å². The van der Waals surface area contributed by atoms with Crippen LogP contribution in [0.2, 0.25) is 0 Å². The molecule has 0 saturated carbocycles. The van der Waals surface area contributed by atoms with Gasteiger partial charge in [-0.05, 0) is 42.0 Å². The van der Waals surface area contributed by atoms with Gasteiger partial charge in [-0.1, -0.05) is 24.3 Å². The van der Waals surface area contributed by atoms with Crippen LogP contribution in [0.15, 0.2) is 66.9 Å². The van der Waals surface area contributed by atoms with Crippen molar-refractivity contribution in [2.75, 3.05) is 5.32 Å². The number of carboxylic acids is 1. The summed E-state index contributed by atoms with van der Waals surface area (Å²) in [5.41, 5.74) is 3.38. The van der Waals surface area contributed by atoms with E-state index in [1.54, 1.807) is 47.1 Å². The highest BCUT2D eigenvalue weighted by Gasteiger charge is 2.12. The lowest BCUT2D eigenvalue weighted by Gasteiger charge is -2.04. The fourth-order valence-electron chi connectivity index (χ4n) is 2.81. The summed E-state index contributed by atoms with van der Waals surface area (Å²) in [6, 6.07) is 19.6. The molecular formula is C20H13N5O2. The molecule has 7 heteroatoms. The van der Waals surface area contributed by atoms with Crippen molar-refractivity contribution < 1.29 is 9.90 Å². The molecule has 0 aliphatic heterocycles. The number of aromatic carboxylic acids is 1. The molecule has 0 bridgehead atoms. The largest absolute Gasteiger partial charge is 0.478 e. The van der Waals surface area contributed by atoms with Crippen LogP contribution in [-0.4, -0.2) is 25.7 Å². The van der Waals surface area contributed by atoms with Crippen molar-refractivity contribution in [2.24, 2.45) is 0 Å². The van der Waals surface area contributed by atoms with E-state index in [0.29, 0.717) is 22.8 Å². The number of nitriles is 1. The van der Waals surface area contributed by atoms with Crippen LogP contribution in [0.1, 0.15) is 15.9 Å². The molecule has 0 amide bonds. The number of rotatable bonds is 4. The molecule has 0 atom stereocenters. The number of pyridine rings is 1. The van der Waals surface area contributed by atoms with Gasteiger partial charge in [-0.2, -0.15) is 10.2 Å². The van der Waals surface area contributed by atoms with Gasteiger partial charge in [-0.3, -0.25) is 0 Å². The Bertz CT molecular complexity index is 1210. The number of hydrogen-bond donors (Lipinski definition) is 2. The summed E-state index contributed by atoms with van der Waals surface area (Å²) >= 11 is 0. The third-order valence-corrected chi connectivity index (χ3v) is 4.08. The normalized spacial score (nSPS) is 10.5. The van der Waals surface area contributed by atoms with Gasteiger partial charge < -0.3 is 10.4 Å². The van der Waals surface area contributed by atoms with E-state index in [0.717, 1.165) is 11.1 Å². The lowest BCUT2D eigenvalue weighted by molar-refractivity contribution is 0.0697. The molecule has 0 radical (unpaired) electrons. The van der Waals surface area contributed by atoms with E-state index in [-0.39, 0.29) is 5.56 Å². The summed E-state index contributed by atoms with van der Waals surface area (Å²) in [5, 5.41) is 25.9. The molecule has 0 aliphatic rings. The summed E-state index contributed by atoms with van der Waals surface area (Å²) in [5.74, 6) is -0.639. The van der Waals surface area contributed by atoms with E-state index >= 15 is 0 Å². The number of benzene rings is 2. The Labute approximate surface area is 154 Å². The number of aromatic nitrogens is 3. The first-order valence-corrected chi connectivity index (χ1v) is 8.11. The molecule has 4 aromatic rings. The average molecular weight is 355 g/mol. The second kappa shape index (κ2) is 6.61. The molecule has 0 unspecified atom stereocenters. The first kappa shape index (κ1) is 16.3. The van der Waals surface area contributed by atoms with Gasteiger partial charge in [-0.15, -0.1) is 5.10 Å². The van der Waals surface area contributed by atoms with Gasteiger partial charge in [0, 0.05) is 11.8 Å². The van der Waals surface area contributed by atoms with Crippen molar-refractivity contribution >= 4 is 23.3 Å². The van der Waals surface area contributed by atoms with Gasteiger partial charge in [0.05, 0.1) is 16.8 Å². The molecule has 4 rings (SSSR count). The number of nitrogens with zero attached hydrogens (tertiary/aromatic N) is 4. The molecule has 2 aromatic carbocycles. The Morgan fingerprint density at radius 1 is 1.11 bits per heavy atom. The first-order valence-electron chi connectivity index (χ1n) is 8.11. The zero-order chi connectivity index (χ0) is 18.8. The quantitative estimate of drug-likeness (QED) is 0.578. The number of carboxylic acid groups (broad SMARTS) is 1. The summed E-state index contributed by atoms with van der Waals surface area (Å²) < 4.78 is 1.61. The molecule has 2 aromatic heterocycles. The lowest BCUT2D eigenvalue weighted by Crippen LogP contribution is -1.96. The van der Waals surface area contributed by atoms with Crippen LogP contribution < -0.4 is 5.32 Å². The van der Waals surface area contributed by atoms with Crippen molar-refractivity contribution in [2.45, 2.75) is 0 Å². The van der Waals surface area contributed by atoms with Crippen LogP contribution >= 0.6 is 0 Å². The zero-order valence-electron chi connectivity index (χ0n) is 14.0. The molecular weight excluding hydrogens is 342 g/mol. The molecule has 2 heterocycles. The van der Waals surface area contributed by atoms with Crippen LogP contribution in [-0.2, 0) is 0 Å². The topological polar surface area (TPSA) is 103 Å². The Morgan fingerprint density at radius 2 is 1.96 bits per heavy atom. The van der Waals surface area contributed by atoms with E-state index in [2.05, 4.69) is 21.5 Å². The maximum Gasteiger partial charge on any atom is 0.335 e. The van der Waals surface area contributed by atoms with Crippen LogP contribution in [0, 0.1) is 11.3 Å². The molecule has 0 saturated heterocycles. The van der Waals surface area contributed by atoms with E-state index in [1.807, 2.05) is 24.3 Å². The number of nitrogens with one attached hydrogen (secondary N) is 1. The van der Waals surface area contributed by atoms with E-state index in [4.69, 9.17) is 0 Å². The Hall–Kier alpha value is -4.18. The molecule has 130 valence electrons. The van der Waals surface area contributed by atoms with Gasteiger partial charge in [0.1, 0.15) is 6.07 Å². The number of carbonyl (C=O) groups is 1. The van der Waals surface area contributed by atoms with Gasteiger partial charge in [0.15, 0.2) is 5.65 Å². The van der Waals surface area contributed by atoms with Crippen molar-refractivity contribution in [3.63, 3.8) is 0 Å². The Kier molecular flexibility index (Phi) is 3.99. The highest BCUT2D eigenvalue weighted by atomic mass is 16.4. The summed E-state index contributed by atoms with van der Waals surface area (Å²) in [4.78, 5) is 15.8. The van der Waals surface area contributed by atoms with Gasteiger partial charge in [0.25, 0.3) is 0 Å². The molecule has 0 fully saturated rings. The number of anilines is 2. The fraction of sp³-hybridized carbons (Fsp3) is 0. The van der Waals surface area contributed by atoms with Crippen molar-refractivity contribution in [3.05, 3.63) is 78.0 Å². The standard InChI is InChI=1S/C20H13N5O2/c21-12-15-5-1-2-9-17(15)22-20-23-18-16(8-4-10-25(18)24-20)13-6-3-7-14(11-13)19(26)27/h1-11H,(H,22,24)(H,26,27). The third-order valence-electron chi connectivity index (χ3n) is 4.08. The van der Waals surface area contributed by atoms with Gasteiger partial charge >= 0.3 is 5.97 Å². The van der Waals surface area contributed by atoms with Crippen LogP contribution in [0.3, 0.4) is 0 Å². The Morgan fingerprint density at radius 3 is 2.78 bits per heavy atom. The van der Waals surface area contributed by atoms with Crippen LogP contribution in [0.25, 0.3) is 16.8 Å². The second-order valence-corrected chi connectivity index (χ2v) is 5.79. The maximum absolute atomic E-state index is 11.2. The van der Waals surface area contributed by atoms with Gasteiger partial charge in [-0.25, -0.2) is 9.31 Å². The van der Waals surface area contributed by atoms with E-state index in [1.165, 1.54) is 0 Å². The second-order valence-electron chi connectivity index (χ2n) is 5.79. The summed E-state index contributed by atoms with van der Waals surface area (Å²) in [6.45, 7) is 0. The molecule has 0 spiro atoms. The smallest absolute Gasteiger partial charge is 0.335 e. The van der Waals surface area contributed by atoms with Crippen LogP contribution in [0.5, 0.6) is 0 Å². The highest BCUT2D eigenvalue weighted by molar-refractivity contribution is 5.90. The van der Waals surface area contributed by atoms with E-state index < -0.39 is 5.97 Å². The maximum atomic E-state index is 11.2. The van der Waals surface area contributed by atoms with Crippen molar-refractivity contribution in [1.82, 2.24) is 14.6 Å². The van der Waals surface area contributed by atoms with E-state index in [9.17, 15) is 15.2 Å². The number of para-hydroxylation sites is 1. The first-order chi connectivity index (χ1) is 13.2. The third kappa shape index (κ3) is 3.07. The minimum Gasteiger partial charge on any atom is -0.478 e. The number of fused-ring (bicyclic) bond motifs is 1. The van der Waals surface area contributed by atoms with Gasteiger partial charge in [0.2, 0.25) is 5.95 Å². The van der Waals surface area contributed by atoms with Crippen molar-refractivity contribution in [1.29, 1.82) is 5.26 Å². The molecule has 7 nitrogen and oxygen atoms in total. The zero-order valence-corrected chi connectivity index (χ0v) is 14.0. The predicted molar refractivity (Wildman–Crippen MR) is 99.8 cm³/mol. The Balaban J connectivity index is 1.78. The average Bonchev–Trinajstić information content (AvgIpc) is 3.11. The summed E-state index contributed by atoms with van der Waals surface area (Å²) in [6.07, 6.45) is 1.76. The summed E-state index contributed by atoms with van der Waals surface area (Å²) in [7, 11) is 0. The monoisotopic (exact) mass is 355 g/mol. The fourth-order valence-corrected chi connectivity index (χ4v) is 2.81. The molecule has 0 aliphatic carbocycles. The lowest BCUT2D eigenvalue weighted by atomic mass is 10.0. The minimum atomic E-state index is -0.985. The van der Waals surface area contributed by atoms with Crippen LogP contribution in [0.4, 0.5) is 11.6 Å². The SMILES string of the molecule is N#Cc1ccccc1Nc1nc2c(-c3cccc(C(=O)O)c3)cccn2n1. The molecule has 2 N–H and O–H groups in total. The predicted octanol–water partition coefficient (Wildman–Crippen LogP) is 3.71. The number of hydrogen-bond acceptors (Lipinski definition) is 5.